The van der Waals surface area contributed by atoms with Crippen LogP contribution in [-0.2, 0) is 11.2 Å². The van der Waals surface area contributed by atoms with E-state index in [0.717, 1.165) is 17.0 Å². The van der Waals surface area contributed by atoms with Crippen molar-refractivity contribution < 1.29 is 4.79 Å². The lowest BCUT2D eigenvalue weighted by Gasteiger charge is -2.21. The van der Waals surface area contributed by atoms with Gasteiger partial charge >= 0.3 is 0 Å². The lowest BCUT2D eigenvalue weighted by atomic mass is 10.0. The van der Waals surface area contributed by atoms with Crippen molar-refractivity contribution in [1.82, 2.24) is 4.90 Å². The van der Waals surface area contributed by atoms with Crippen LogP contribution >= 0.6 is 11.6 Å². The summed E-state index contributed by atoms with van der Waals surface area (Å²) in [4.78, 5) is 13.3. The maximum atomic E-state index is 11.4. The average molecular weight is 256 g/mol. The van der Waals surface area contributed by atoms with Gasteiger partial charge in [0.2, 0.25) is 0 Å². The first-order chi connectivity index (χ1) is 8.00. The highest BCUT2D eigenvalue weighted by molar-refractivity contribution is 6.30. The predicted molar refractivity (Wildman–Crippen MR) is 74.7 cm³/mol. The lowest BCUT2D eigenvalue weighted by molar-refractivity contribution is -0.121. The van der Waals surface area contributed by atoms with Crippen LogP contribution in [-0.4, -0.2) is 30.8 Å². The number of likely N-dealkylation sites (N-methyl/N-ethyl adjacent to an activating group) is 1. The molecule has 2 nitrogen and oxygen atoms in total. The van der Waals surface area contributed by atoms with Crippen LogP contribution in [0.3, 0.4) is 0 Å². The maximum absolute atomic E-state index is 11.4. The largest absolute Gasteiger partial charge is 0.299 e. The molecule has 0 aliphatic rings. The normalized spacial score (nSPS) is 11.7. The highest BCUT2D eigenvalue weighted by Gasteiger charge is 2.16. The Hall–Kier alpha value is -0.860. The topological polar surface area (TPSA) is 20.3 Å². The number of rotatable bonds is 4. The third-order valence-corrected chi connectivity index (χ3v) is 2.69. The Balaban J connectivity index is 0.00000121. The van der Waals surface area contributed by atoms with Crippen LogP contribution in [0.1, 0.15) is 26.3 Å². The standard InChI is InChI=1S/C12H16ClNO.C2H6/c1-9(15)12(14(2)3)8-10-4-6-11(13)7-5-10;1-2/h4-7,12H,8H2,1-3H3;1-2H3/t12-;/m1./s1. The van der Waals surface area contributed by atoms with Gasteiger partial charge in [-0.15, -0.1) is 0 Å². The van der Waals surface area contributed by atoms with Gasteiger partial charge in [0.05, 0.1) is 6.04 Å². The fourth-order valence-corrected chi connectivity index (χ4v) is 1.66. The monoisotopic (exact) mass is 255 g/mol. The molecular formula is C14H22ClNO. The van der Waals surface area contributed by atoms with Crippen molar-refractivity contribution in [3.63, 3.8) is 0 Å². The third kappa shape index (κ3) is 5.85. The SMILES string of the molecule is CC.CC(=O)[C@@H](Cc1ccc(Cl)cc1)N(C)C. The van der Waals surface area contributed by atoms with Crippen molar-refractivity contribution in [2.45, 2.75) is 33.2 Å². The number of nitrogens with zero attached hydrogens (tertiary/aromatic N) is 1. The summed E-state index contributed by atoms with van der Waals surface area (Å²) in [6.45, 7) is 5.63. The first kappa shape index (κ1) is 16.1. The smallest absolute Gasteiger partial charge is 0.147 e. The zero-order chi connectivity index (χ0) is 13.4. The molecule has 96 valence electrons. The molecule has 1 aromatic rings. The van der Waals surface area contributed by atoms with Gasteiger partial charge in [-0.1, -0.05) is 37.6 Å². The zero-order valence-corrected chi connectivity index (χ0v) is 12.1. The van der Waals surface area contributed by atoms with Gasteiger partial charge in [0, 0.05) is 5.02 Å². The molecule has 0 saturated heterocycles. The highest BCUT2D eigenvalue weighted by Crippen LogP contribution is 2.12. The van der Waals surface area contributed by atoms with E-state index >= 15 is 0 Å². The number of halogens is 1. The predicted octanol–water partition coefficient (Wildman–Crippen LogP) is 3.43. The van der Waals surface area contributed by atoms with Crippen molar-refractivity contribution in [3.8, 4) is 0 Å². The minimum atomic E-state index is -0.0498. The van der Waals surface area contributed by atoms with Crippen molar-refractivity contribution >= 4 is 17.4 Å². The molecule has 0 heterocycles. The lowest BCUT2D eigenvalue weighted by Crippen LogP contribution is -2.36. The van der Waals surface area contributed by atoms with Gasteiger partial charge in [0.15, 0.2) is 0 Å². The van der Waals surface area contributed by atoms with Crippen LogP contribution in [0.25, 0.3) is 0 Å². The molecule has 1 aromatic carbocycles. The van der Waals surface area contributed by atoms with Crippen LogP contribution in [0, 0.1) is 0 Å². The van der Waals surface area contributed by atoms with Crippen molar-refractivity contribution in [2.75, 3.05) is 14.1 Å². The van der Waals surface area contributed by atoms with Crippen molar-refractivity contribution in [2.24, 2.45) is 0 Å². The molecule has 1 rings (SSSR count). The minimum Gasteiger partial charge on any atom is -0.299 e. The average Bonchev–Trinajstić information content (AvgIpc) is 2.30. The molecule has 0 fully saturated rings. The number of benzene rings is 1. The molecule has 0 radical (unpaired) electrons. The second-order valence-corrected chi connectivity index (χ2v) is 4.36. The molecule has 0 bridgehead atoms. The van der Waals surface area contributed by atoms with Crippen LogP contribution in [0.15, 0.2) is 24.3 Å². The summed E-state index contributed by atoms with van der Waals surface area (Å²) >= 11 is 5.80. The fraction of sp³-hybridized carbons (Fsp3) is 0.500. The summed E-state index contributed by atoms with van der Waals surface area (Å²) in [7, 11) is 3.84. The van der Waals surface area contributed by atoms with E-state index < -0.39 is 0 Å². The molecule has 1 atom stereocenters. The molecule has 17 heavy (non-hydrogen) atoms. The number of hydrogen-bond donors (Lipinski definition) is 0. The van der Waals surface area contributed by atoms with Crippen molar-refractivity contribution in [1.29, 1.82) is 0 Å². The molecule has 0 spiro atoms. The van der Waals surface area contributed by atoms with E-state index in [4.69, 9.17) is 11.6 Å². The number of hydrogen-bond acceptors (Lipinski definition) is 2. The van der Waals surface area contributed by atoms with Gasteiger partial charge in [-0.2, -0.15) is 0 Å². The number of Topliss-reactive ketones (excluding diaryl/α,β-unsaturated/α-hetero) is 1. The molecule has 0 amide bonds. The Morgan fingerprint density at radius 1 is 1.24 bits per heavy atom. The molecule has 0 saturated carbocycles. The zero-order valence-electron chi connectivity index (χ0n) is 11.3. The second kappa shape index (κ2) is 8.26. The van der Waals surface area contributed by atoms with Gasteiger partial charge in [-0.05, 0) is 45.1 Å². The Labute approximate surface area is 110 Å². The second-order valence-electron chi connectivity index (χ2n) is 3.92. The van der Waals surface area contributed by atoms with Crippen molar-refractivity contribution in [3.05, 3.63) is 34.9 Å². The number of carbonyl (C=O) groups excluding carboxylic acids is 1. The van der Waals surface area contributed by atoms with E-state index in [0.29, 0.717) is 0 Å². The van der Waals surface area contributed by atoms with Crippen LogP contribution in [0.2, 0.25) is 5.02 Å². The van der Waals surface area contributed by atoms with E-state index in [-0.39, 0.29) is 11.8 Å². The summed E-state index contributed by atoms with van der Waals surface area (Å²) < 4.78 is 0. The van der Waals surface area contributed by atoms with E-state index in [1.54, 1.807) is 6.92 Å². The fourth-order valence-electron chi connectivity index (χ4n) is 1.53. The highest BCUT2D eigenvalue weighted by atomic mass is 35.5. The molecule has 0 N–H and O–H groups in total. The van der Waals surface area contributed by atoms with E-state index in [1.807, 2.05) is 57.1 Å². The van der Waals surface area contributed by atoms with E-state index in [2.05, 4.69) is 0 Å². The molecule has 0 unspecified atom stereocenters. The maximum Gasteiger partial charge on any atom is 0.147 e. The summed E-state index contributed by atoms with van der Waals surface area (Å²) in [6.07, 6.45) is 0.736. The Morgan fingerprint density at radius 3 is 2.06 bits per heavy atom. The minimum absolute atomic E-state index is 0.0498. The molecular weight excluding hydrogens is 234 g/mol. The first-order valence-electron chi connectivity index (χ1n) is 5.92. The van der Waals surface area contributed by atoms with E-state index in [9.17, 15) is 4.79 Å². The first-order valence-corrected chi connectivity index (χ1v) is 6.30. The van der Waals surface area contributed by atoms with E-state index in [1.165, 1.54) is 0 Å². The molecule has 0 aromatic heterocycles. The summed E-state index contributed by atoms with van der Waals surface area (Å²) in [5, 5.41) is 0.725. The Morgan fingerprint density at radius 2 is 1.71 bits per heavy atom. The van der Waals surface area contributed by atoms with Crippen LogP contribution in [0.4, 0.5) is 0 Å². The summed E-state index contributed by atoms with van der Waals surface area (Å²) in [5.41, 5.74) is 1.13. The third-order valence-electron chi connectivity index (χ3n) is 2.43. The molecule has 0 aliphatic carbocycles. The Bertz CT molecular complexity index is 333. The van der Waals surface area contributed by atoms with Gasteiger partial charge in [-0.25, -0.2) is 0 Å². The molecule has 3 heteroatoms. The van der Waals surface area contributed by atoms with Gasteiger partial charge in [-0.3, -0.25) is 9.69 Å². The number of carbonyl (C=O) groups is 1. The number of ketones is 1. The quantitative estimate of drug-likeness (QED) is 0.822. The van der Waals surface area contributed by atoms with Gasteiger partial charge in [0.25, 0.3) is 0 Å². The van der Waals surface area contributed by atoms with Crippen LogP contribution in [0.5, 0.6) is 0 Å². The molecule has 0 aliphatic heterocycles. The van der Waals surface area contributed by atoms with Gasteiger partial charge in [0.1, 0.15) is 5.78 Å². The summed E-state index contributed by atoms with van der Waals surface area (Å²) in [5.74, 6) is 0.190. The Kier molecular flexibility index (Phi) is 7.85. The van der Waals surface area contributed by atoms with Crippen LogP contribution < -0.4 is 0 Å². The van der Waals surface area contributed by atoms with Gasteiger partial charge < -0.3 is 0 Å². The summed E-state index contributed by atoms with van der Waals surface area (Å²) in [6, 6.07) is 7.57.